The number of nitrogens with zero attached hydrogens (tertiary/aromatic N) is 2. The highest BCUT2D eigenvalue weighted by molar-refractivity contribution is 6.34. The van der Waals surface area contributed by atoms with Gasteiger partial charge in [-0.1, -0.05) is 41.4 Å². The number of hydrogen-bond acceptors (Lipinski definition) is 4. The van der Waals surface area contributed by atoms with Gasteiger partial charge < -0.3 is 14.5 Å². The van der Waals surface area contributed by atoms with Gasteiger partial charge in [-0.2, -0.15) is 0 Å². The Kier molecular flexibility index (Phi) is 7.34. The summed E-state index contributed by atoms with van der Waals surface area (Å²) in [5.41, 5.74) is 0.0399. The van der Waals surface area contributed by atoms with Crippen LogP contribution < -0.4 is 9.90 Å². The van der Waals surface area contributed by atoms with Gasteiger partial charge in [-0.3, -0.25) is 4.79 Å². The molecule has 0 unspecified atom stereocenters. The van der Waals surface area contributed by atoms with Crippen LogP contribution in [0.5, 0.6) is 5.75 Å². The fraction of sp³-hybridized carbons (Fsp3) is 0.391. The quantitative estimate of drug-likeness (QED) is 0.523. The number of hydroxylamine groups is 1. The zero-order valence-electron chi connectivity index (χ0n) is 17.8. The Balaban J connectivity index is 1.73. The van der Waals surface area contributed by atoms with Crippen LogP contribution in [0.15, 0.2) is 48.5 Å². The molecule has 6 nitrogen and oxygen atoms in total. The van der Waals surface area contributed by atoms with Crippen molar-refractivity contribution in [1.29, 1.82) is 0 Å². The summed E-state index contributed by atoms with van der Waals surface area (Å²) < 4.78 is 5.43. The van der Waals surface area contributed by atoms with Gasteiger partial charge in [0.25, 0.3) is 5.91 Å². The number of benzene rings is 2. The van der Waals surface area contributed by atoms with Crippen molar-refractivity contribution in [2.75, 3.05) is 18.2 Å². The number of carbonyl (C=O) groups excluding carboxylic acids is 2. The highest BCUT2D eigenvalue weighted by Crippen LogP contribution is 2.29. The maximum Gasteiger partial charge on any atom is 0.410 e. The second-order valence-electron chi connectivity index (χ2n) is 8.41. The van der Waals surface area contributed by atoms with E-state index >= 15 is 0 Å². The van der Waals surface area contributed by atoms with Crippen molar-refractivity contribution >= 4 is 40.9 Å². The SMILES string of the molecule is CC(C)(C)OC(=O)N1CCC(C(=O)N(Oc2cc(Cl)cc(Cl)c2)c2ccccc2)CC1. The zero-order valence-corrected chi connectivity index (χ0v) is 19.3. The van der Waals surface area contributed by atoms with Crippen LogP contribution in [0.25, 0.3) is 0 Å². The predicted octanol–water partition coefficient (Wildman–Crippen LogP) is 5.97. The Morgan fingerprint density at radius 3 is 2.13 bits per heavy atom. The van der Waals surface area contributed by atoms with Gasteiger partial charge in [0.2, 0.25) is 0 Å². The highest BCUT2D eigenvalue weighted by atomic mass is 35.5. The van der Waals surface area contributed by atoms with E-state index in [0.29, 0.717) is 47.4 Å². The van der Waals surface area contributed by atoms with Gasteiger partial charge in [0.15, 0.2) is 5.75 Å². The molecule has 3 rings (SSSR count). The molecule has 8 heteroatoms. The van der Waals surface area contributed by atoms with Crippen LogP contribution in [-0.4, -0.2) is 35.6 Å². The van der Waals surface area contributed by atoms with Crippen molar-refractivity contribution in [3.05, 3.63) is 58.6 Å². The molecule has 31 heavy (non-hydrogen) atoms. The van der Waals surface area contributed by atoms with E-state index in [1.807, 2.05) is 39.0 Å². The summed E-state index contributed by atoms with van der Waals surface area (Å²) in [6, 6.07) is 13.9. The van der Waals surface area contributed by atoms with Gasteiger partial charge in [-0.15, -0.1) is 5.06 Å². The number of hydrogen-bond donors (Lipinski definition) is 0. The molecule has 0 atom stereocenters. The van der Waals surface area contributed by atoms with Crippen molar-refractivity contribution in [1.82, 2.24) is 4.90 Å². The Labute approximate surface area is 192 Å². The van der Waals surface area contributed by atoms with Crippen molar-refractivity contribution in [2.45, 2.75) is 39.2 Å². The van der Waals surface area contributed by atoms with Crippen LogP contribution in [0.2, 0.25) is 10.0 Å². The summed E-state index contributed by atoms with van der Waals surface area (Å²) in [4.78, 5) is 33.3. The van der Waals surface area contributed by atoms with Gasteiger partial charge in [0.1, 0.15) is 5.60 Å². The Morgan fingerprint density at radius 2 is 1.58 bits per heavy atom. The van der Waals surface area contributed by atoms with E-state index in [9.17, 15) is 9.59 Å². The van der Waals surface area contributed by atoms with Gasteiger partial charge in [-0.25, -0.2) is 4.79 Å². The van der Waals surface area contributed by atoms with E-state index in [2.05, 4.69) is 0 Å². The van der Waals surface area contributed by atoms with Gasteiger partial charge in [-0.05, 0) is 51.8 Å². The maximum atomic E-state index is 13.4. The van der Waals surface area contributed by atoms with E-state index in [-0.39, 0.29) is 17.9 Å². The van der Waals surface area contributed by atoms with Crippen molar-refractivity contribution < 1.29 is 19.2 Å². The third-order valence-electron chi connectivity index (χ3n) is 4.72. The van der Waals surface area contributed by atoms with E-state index in [1.165, 1.54) is 5.06 Å². The summed E-state index contributed by atoms with van der Waals surface area (Å²) in [5, 5.41) is 2.10. The van der Waals surface area contributed by atoms with E-state index in [4.69, 9.17) is 32.8 Å². The first kappa shape index (κ1) is 23.2. The molecular weight excluding hydrogens is 439 g/mol. The lowest BCUT2D eigenvalue weighted by atomic mass is 9.96. The zero-order chi connectivity index (χ0) is 22.6. The fourth-order valence-electron chi connectivity index (χ4n) is 3.28. The van der Waals surface area contributed by atoms with Crippen LogP contribution >= 0.6 is 23.2 Å². The van der Waals surface area contributed by atoms with Crippen LogP contribution in [0.3, 0.4) is 0 Å². The second-order valence-corrected chi connectivity index (χ2v) is 9.28. The lowest BCUT2D eigenvalue weighted by molar-refractivity contribution is -0.128. The Hall–Kier alpha value is -2.44. The number of halogens is 2. The summed E-state index contributed by atoms with van der Waals surface area (Å²) in [6.45, 7) is 6.38. The standard InChI is InChI=1S/C23H26Cl2N2O4/c1-23(2,3)30-22(29)26-11-9-16(10-12-26)21(28)27(19-7-5-4-6-8-19)31-20-14-17(24)13-18(25)15-20/h4-8,13-16H,9-12H2,1-3H3. The van der Waals surface area contributed by atoms with Crippen LogP contribution in [0, 0.1) is 5.92 Å². The topological polar surface area (TPSA) is 59.1 Å². The minimum atomic E-state index is -0.556. The fourth-order valence-corrected chi connectivity index (χ4v) is 3.78. The first-order chi connectivity index (χ1) is 14.6. The monoisotopic (exact) mass is 464 g/mol. The van der Waals surface area contributed by atoms with E-state index < -0.39 is 5.60 Å². The molecule has 2 aromatic rings. The molecular formula is C23H26Cl2N2O4. The third-order valence-corrected chi connectivity index (χ3v) is 5.16. The molecule has 1 saturated heterocycles. The van der Waals surface area contributed by atoms with Crippen molar-refractivity contribution in [3.8, 4) is 5.75 Å². The molecule has 1 fully saturated rings. The van der Waals surface area contributed by atoms with E-state index in [0.717, 1.165) is 0 Å². The first-order valence-corrected chi connectivity index (χ1v) is 10.9. The highest BCUT2D eigenvalue weighted by Gasteiger charge is 2.33. The second kappa shape index (κ2) is 9.79. The van der Waals surface area contributed by atoms with Crippen molar-refractivity contribution in [3.63, 3.8) is 0 Å². The van der Waals surface area contributed by atoms with E-state index in [1.54, 1.807) is 35.2 Å². The number of carbonyl (C=O) groups is 2. The van der Waals surface area contributed by atoms with Gasteiger partial charge in [0, 0.05) is 41.2 Å². The average Bonchev–Trinajstić information content (AvgIpc) is 2.70. The molecule has 0 spiro atoms. The number of likely N-dealkylation sites (tertiary alicyclic amines) is 1. The van der Waals surface area contributed by atoms with Crippen LogP contribution in [0.1, 0.15) is 33.6 Å². The first-order valence-electron chi connectivity index (χ1n) is 10.1. The average molecular weight is 465 g/mol. The molecule has 1 aliphatic heterocycles. The number of piperidine rings is 1. The number of ether oxygens (including phenoxy) is 1. The number of para-hydroxylation sites is 1. The molecule has 0 bridgehead atoms. The summed E-state index contributed by atoms with van der Waals surface area (Å²) in [6.07, 6.45) is 0.672. The molecule has 1 heterocycles. The largest absolute Gasteiger partial charge is 0.444 e. The molecule has 1 aliphatic rings. The van der Waals surface area contributed by atoms with Gasteiger partial charge >= 0.3 is 6.09 Å². The lowest BCUT2D eigenvalue weighted by Gasteiger charge is -2.34. The number of rotatable bonds is 4. The molecule has 0 N–H and O–H groups in total. The molecule has 2 aromatic carbocycles. The molecule has 0 aromatic heterocycles. The smallest absolute Gasteiger partial charge is 0.410 e. The predicted molar refractivity (Wildman–Crippen MR) is 122 cm³/mol. The summed E-state index contributed by atoms with van der Waals surface area (Å²) in [7, 11) is 0. The maximum absolute atomic E-state index is 13.4. The Bertz CT molecular complexity index is 903. The molecule has 2 amide bonds. The molecule has 0 aliphatic carbocycles. The minimum Gasteiger partial charge on any atom is -0.444 e. The molecule has 0 radical (unpaired) electrons. The lowest BCUT2D eigenvalue weighted by Crippen LogP contribution is -2.46. The minimum absolute atomic E-state index is 0.189. The van der Waals surface area contributed by atoms with Crippen LogP contribution in [-0.2, 0) is 9.53 Å². The number of amides is 2. The van der Waals surface area contributed by atoms with Gasteiger partial charge in [0.05, 0.1) is 5.69 Å². The summed E-state index contributed by atoms with van der Waals surface area (Å²) in [5.74, 6) is -0.124. The summed E-state index contributed by atoms with van der Waals surface area (Å²) >= 11 is 12.2. The molecule has 0 saturated carbocycles. The van der Waals surface area contributed by atoms with Crippen LogP contribution in [0.4, 0.5) is 10.5 Å². The Morgan fingerprint density at radius 1 is 1.00 bits per heavy atom. The molecule has 166 valence electrons. The normalized spacial score (nSPS) is 14.8. The number of anilines is 1. The third kappa shape index (κ3) is 6.52. The van der Waals surface area contributed by atoms with Crippen molar-refractivity contribution in [2.24, 2.45) is 5.92 Å².